The van der Waals surface area contributed by atoms with Gasteiger partial charge in [-0.25, -0.2) is 4.79 Å². The van der Waals surface area contributed by atoms with Crippen molar-refractivity contribution in [2.75, 3.05) is 0 Å². The molecular weight excluding hydrogens is 348 g/mol. The Balaban J connectivity index is 1.64. The van der Waals surface area contributed by atoms with E-state index in [-0.39, 0.29) is 18.5 Å². The van der Waals surface area contributed by atoms with E-state index in [1.807, 2.05) is 13.0 Å². The number of hydrogen-bond acceptors (Lipinski definition) is 6. The summed E-state index contributed by atoms with van der Waals surface area (Å²) in [6.07, 6.45) is 0.901. The van der Waals surface area contributed by atoms with Crippen LogP contribution in [0.3, 0.4) is 0 Å². The Morgan fingerprint density at radius 3 is 2.71 bits per heavy atom. The van der Waals surface area contributed by atoms with Gasteiger partial charge in [-0.1, -0.05) is 18.5 Å². The SMILES string of the molecule is CCc1sc(C(=O)OCc2nnc(-c3ccc(Cl)cc3)o2)cc1C. The van der Waals surface area contributed by atoms with E-state index in [1.54, 1.807) is 24.3 Å². The van der Waals surface area contributed by atoms with E-state index >= 15 is 0 Å². The van der Waals surface area contributed by atoms with E-state index in [2.05, 4.69) is 17.1 Å². The van der Waals surface area contributed by atoms with Crippen LogP contribution in [0.2, 0.25) is 5.02 Å². The van der Waals surface area contributed by atoms with Crippen molar-refractivity contribution < 1.29 is 13.9 Å². The summed E-state index contributed by atoms with van der Waals surface area (Å²) in [6, 6.07) is 8.90. The van der Waals surface area contributed by atoms with Gasteiger partial charge in [-0.2, -0.15) is 0 Å². The van der Waals surface area contributed by atoms with Gasteiger partial charge in [-0.15, -0.1) is 21.5 Å². The predicted molar refractivity (Wildman–Crippen MR) is 92.3 cm³/mol. The molecule has 3 rings (SSSR count). The molecule has 0 radical (unpaired) electrons. The van der Waals surface area contributed by atoms with Crippen LogP contribution in [0.25, 0.3) is 11.5 Å². The molecular formula is C17H15ClN2O3S. The molecule has 0 unspecified atom stereocenters. The van der Waals surface area contributed by atoms with Crippen molar-refractivity contribution in [2.24, 2.45) is 0 Å². The first-order valence-corrected chi connectivity index (χ1v) is 8.61. The van der Waals surface area contributed by atoms with E-state index in [0.29, 0.717) is 15.8 Å². The molecule has 5 nitrogen and oxygen atoms in total. The van der Waals surface area contributed by atoms with Crippen LogP contribution in [0.5, 0.6) is 0 Å². The Morgan fingerprint density at radius 1 is 1.29 bits per heavy atom. The normalized spacial score (nSPS) is 10.8. The van der Waals surface area contributed by atoms with Crippen molar-refractivity contribution in [3.05, 3.63) is 56.6 Å². The fourth-order valence-electron chi connectivity index (χ4n) is 2.19. The average Bonchev–Trinajstić information content (AvgIpc) is 3.20. The number of esters is 1. The van der Waals surface area contributed by atoms with Crippen molar-refractivity contribution in [2.45, 2.75) is 26.9 Å². The summed E-state index contributed by atoms with van der Waals surface area (Å²) in [5.74, 6) is 0.226. The van der Waals surface area contributed by atoms with Gasteiger partial charge in [0, 0.05) is 15.5 Å². The molecule has 0 aliphatic carbocycles. The topological polar surface area (TPSA) is 65.2 Å². The van der Waals surface area contributed by atoms with Gasteiger partial charge < -0.3 is 9.15 Å². The molecule has 7 heteroatoms. The van der Waals surface area contributed by atoms with Crippen LogP contribution in [0.4, 0.5) is 0 Å². The molecule has 2 heterocycles. The minimum absolute atomic E-state index is 0.0577. The molecule has 0 amide bonds. The van der Waals surface area contributed by atoms with Crippen LogP contribution < -0.4 is 0 Å². The summed E-state index contributed by atoms with van der Waals surface area (Å²) in [7, 11) is 0. The van der Waals surface area contributed by atoms with Gasteiger partial charge in [0.15, 0.2) is 6.61 Å². The zero-order valence-corrected chi connectivity index (χ0v) is 14.8. The van der Waals surface area contributed by atoms with Crippen molar-refractivity contribution in [1.82, 2.24) is 10.2 Å². The Kier molecular flexibility index (Phi) is 4.97. The van der Waals surface area contributed by atoms with Crippen LogP contribution in [0.1, 0.15) is 32.9 Å². The average molecular weight is 363 g/mol. The Labute approximate surface area is 148 Å². The van der Waals surface area contributed by atoms with Crippen LogP contribution in [0.15, 0.2) is 34.7 Å². The molecule has 0 bridgehead atoms. The fourth-order valence-corrected chi connectivity index (χ4v) is 3.32. The Bertz CT molecular complexity index is 855. The van der Waals surface area contributed by atoms with Gasteiger partial charge in [-0.05, 0) is 49.2 Å². The van der Waals surface area contributed by atoms with E-state index in [1.165, 1.54) is 16.2 Å². The standard InChI is InChI=1S/C17H15ClN2O3S/c1-3-13-10(2)8-14(24-13)17(21)22-9-15-19-20-16(23-15)11-4-6-12(18)7-5-11/h4-8H,3,9H2,1-2H3. The molecule has 3 aromatic rings. The van der Waals surface area contributed by atoms with E-state index in [0.717, 1.165) is 17.5 Å². The lowest BCUT2D eigenvalue weighted by atomic mass is 10.2. The van der Waals surface area contributed by atoms with Gasteiger partial charge in [-0.3, -0.25) is 0 Å². The van der Waals surface area contributed by atoms with Crippen molar-refractivity contribution in [3.63, 3.8) is 0 Å². The highest BCUT2D eigenvalue weighted by molar-refractivity contribution is 7.14. The maximum Gasteiger partial charge on any atom is 0.348 e. The van der Waals surface area contributed by atoms with Crippen LogP contribution in [-0.4, -0.2) is 16.2 Å². The summed E-state index contributed by atoms with van der Waals surface area (Å²) in [5, 5.41) is 8.48. The van der Waals surface area contributed by atoms with Gasteiger partial charge in [0.1, 0.15) is 4.88 Å². The van der Waals surface area contributed by atoms with Crippen molar-refractivity contribution >= 4 is 28.9 Å². The van der Waals surface area contributed by atoms with Crippen molar-refractivity contribution in [1.29, 1.82) is 0 Å². The zero-order valence-electron chi connectivity index (χ0n) is 13.2. The highest BCUT2D eigenvalue weighted by atomic mass is 35.5. The second kappa shape index (κ2) is 7.15. The third-order valence-electron chi connectivity index (χ3n) is 3.43. The lowest BCUT2D eigenvalue weighted by Crippen LogP contribution is -2.03. The van der Waals surface area contributed by atoms with E-state index < -0.39 is 0 Å². The van der Waals surface area contributed by atoms with E-state index in [9.17, 15) is 4.79 Å². The largest absolute Gasteiger partial charge is 0.451 e. The number of benzene rings is 1. The minimum Gasteiger partial charge on any atom is -0.451 e. The number of thiophene rings is 1. The molecule has 124 valence electrons. The maximum absolute atomic E-state index is 12.1. The second-order valence-electron chi connectivity index (χ2n) is 5.15. The smallest absolute Gasteiger partial charge is 0.348 e. The quantitative estimate of drug-likeness (QED) is 0.616. The van der Waals surface area contributed by atoms with E-state index in [4.69, 9.17) is 20.8 Å². The number of ether oxygens (including phenoxy) is 1. The molecule has 0 saturated heterocycles. The number of carbonyl (C=O) groups excluding carboxylic acids is 1. The van der Waals surface area contributed by atoms with Gasteiger partial charge in [0.05, 0.1) is 0 Å². The lowest BCUT2D eigenvalue weighted by molar-refractivity contribution is 0.0444. The van der Waals surface area contributed by atoms with Gasteiger partial charge in [0.2, 0.25) is 5.89 Å². The second-order valence-corrected chi connectivity index (χ2v) is 6.73. The lowest BCUT2D eigenvalue weighted by Gasteiger charge is -1.99. The van der Waals surface area contributed by atoms with Crippen LogP contribution in [0, 0.1) is 6.92 Å². The highest BCUT2D eigenvalue weighted by Gasteiger charge is 2.15. The third kappa shape index (κ3) is 3.66. The first kappa shape index (κ1) is 16.7. The highest BCUT2D eigenvalue weighted by Crippen LogP contribution is 2.24. The number of halogens is 1. The summed E-state index contributed by atoms with van der Waals surface area (Å²) in [6.45, 7) is 3.99. The number of carbonyl (C=O) groups is 1. The predicted octanol–water partition coefficient (Wildman–Crippen LogP) is 4.68. The summed E-state index contributed by atoms with van der Waals surface area (Å²) in [5.41, 5.74) is 1.86. The molecule has 0 aliphatic rings. The Morgan fingerprint density at radius 2 is 2.04 bits per heavy atom. The first-order chi connectivity index (χ1) is 11.6. The molecule has 2 aromatic heterocycles. The molecule has 1 aromatic carbocycles. The molecule has 0 saturated carbocycles. The summed E-state index contributed by atoms with van der Waals surface area (Å²) in [4.78, 5) is 13.9. The molecule has 0 atom stereocenters. The molecule has 0 fully saturated rings. The minimum atomic E-state index is -0.381. The summed E-state index contributed by atoms with van der Waals surface area (Å²) < 4.78 is 10.8. The number of aromatic nitrogens is 2. The van der Waals surface area contributed by atoms with Gasteiger partial charge in [0.25, 0.3) is 5.89 Å². The molecule has 0 N–H and O–H groups in total. The number of nitrogens with zero attached hydrogens (tertiary/aromatic N) is 2. The van der Waals surface area contributed by atoms with Crippen LogP contribution >= 0.6 is 22.9 Å². The molecule has 0 spiro atoms. The first-order valence-electron chi connectivity index (χ1n) is 7.41. The monoisotopic (exact) mass is 362 g/mol. The fraction of sp³-hybridized carbons (Fsp3) is 0.235. The maximum atomic E-state index is 12.1. The molecule has 0 aliphatic heterocycles. The number of rotatable bonds is 5. The summed E-state index contributed by atoms with van der Waals surface area (Å²) >= 11 is 7.30. The number of hydrogen-bond donors (Lipinski definition) is 0. The van der Waals surface area contributed by atoms with Gasteiger partial charge >= 0.3 is 5.97 Å². The number of aryl methyl sites for hydroxylation is 2. The van der Waals surface area contributed by atoms with Crippen LogP contribution in [-0.2, 0) is 17.8 Å². The third-order valence-corrected chi connectivity index (χ3v) is 5.04. The van der Waals surface area contributed by atoms with Crippen molar-refractivity contribution in [3.8, 4) is 11.5 Å². The Hall–Kier alpha value is -2.18. The molecule has 24 heavy (non-hydrogen) atoms. The zero-order chi connectivity index (χ0) is 17.1.